The first kappa shape index (κ1) is 20.7. The molecule has 166 valence electrons. The van der Waals surface area contributed by atoms with Crippen molar-refractivity contribution in [3.8, 4) is 0 Å². The van der Waals surface area contributed by atoms with E-state index in [9.17, 15) is 4.79 Å². The van der Waals surface area contributed by atoms with Crippen molar-refractivity contribution < 1.29 is 4.79 Å². The number of nitrogens with zero attached hydrogens (tertiary/aromatic N) is 4. The number of carbonyl (C=O) groups is 1. The maximum Gasteiger partial charge on any atom is 0.239 e. The minimum absolute atomic E-state index is 0.0448. The largest absolute Gasteiger partial charge is 0.369 e. The lowest BCUT2D eigenvalue weighted by Gasteiger charge is -2.41. The van der Waals surface area contributed by atoms with Crippen molar-refractivity contribution in [2.75, 3.05) is 7.05 Å². The molecule has 3 heterocycles. The molecular formula is C26H31N5O. The van der Waals surface area contributed by atoms with Gasteiger partial charge in [0.2, 0.25) is 5.91 Å². The van der Waals surface area contributed by atoms with Gasteiger partial charge in [0.05, 0.1) is 5.92 Å². The predicted octanol–water partition coefficient (Wildman–Crippen LogP) is 4.29. The van der Waals surface area contributed by atoms with Crippen LogP contribution in [0.15, 0.2) is 53.8 Å². The average Bonchev–Trinajstić information content (AvgIpc) is 3.50. The van der Waals surface area contributed by atoms with Gasteiger partial charge in [0.1, 0.15) is 11.2 Å². The number of amides is 1. The van der Waals surface area contributed by atoms with Crippen molar-refractivity contribution in [2.24, 2.45) is 10.7 Å². The van der Waals surface area contributed by atoms with Crippen LogP contribution in [0, 0.1) is 0 Å². The minimum Gasteiger partial charge on any atom is -0.369 e. The Labute approximate surface area is 189 Å². The molecule has 1 unspecified atom stereocenters. The van der Waals surface area contributed by atoms with Crippen LogP contribution in [0.1, 0.15) is 74.8 Å². The van der Waals surface area contributed by atoms with E-state index in [1.165, 1.54) is 29.0 Å². The van der Waals surface area contributed by atoms with Gasteiger partial charge in [0.15, 0.2) is 5.96 Å². The highest BCUT2D eigenvalue weighted by Gasteiger charge is 2.47. The summed E-state index contributed by atoms with van der Waals surface area (Å²) in [5.74, 6) is 0.297. The summed E-state index contributed by atoms with van der Waals surface area (Å²) in [6.45, 7) is 8.58. The number of guanidine groups is 1. The maximum atomic E-state index is 13.6. The monoisotopic (exact) mass is 429 g/mol. The molecule has 1 amide bonds. The Bertz CT molecular complexity index is 1230. The lowest BCUT2D eigenvalue weighted by molar-refractivity contribution is -0.130. The van der Waals surface area contributed by atoms with Crippen LogP contribution in [-0.2, 0) is 15.7 Å². The Hall–Kier alpha value is -3.15. The highest BCUT2D eigenvalue weighted by Crippen LogP contribution is 2.45. The molecule has 0 spiro atoms. The number of hydrogen-bond acceptors (Lipinski definition) is 4. The van der Waals surface area contributed by atoms with E-state index in [2.05, 4.69) is 60.6 Å². The third-order valence-electron chi connectivity index (χ3n) is 7.05. The fourth-order valence-electron chi connectivity index (χ4n) is 4.78. The van der Waals surface area contributed by atoms with Crippen LogP contribution in [0.25, 0.3) is 5.65 Å². The third-order valence-corrected chi connectivity index (χ3v) is 7.05. The number of carbonyl (C=O) groups excluding carboxylic acids is 1. The molecule has 1 saturated carbocycles. The Kier molecular flexibility index (Phi) is 4.49. The number of rotatable bonds is 3. The lowest BCUT2D eigenvalue weighted by atomic mass is 9.74. The topological polar surface area (TPSA) is 76.0 Å². The molecule has 6 heteroatoms. The zero-order valence-electron chi connectivity index (χ0n) is 19.5. The lowest BCUT2D eigenvalue weighted by Crippen LogP contribution is -2.52. The summed E-state index contributed by atoms with van der Waals surface area (Å²) in [6.07, 6.45) is 6.47. The average molecular weight is 430 g/mol. The number of imidazole rings is 1. The van der Waals surface area contributed by atoms with Crippen molar-refractivity contribution in [3.05, 3.63) is 71.2 Å². The van der Waals surface area contributed by atoms with E-state index >= 15 is 0 Å². The first-order chi connectivity index (χ1) is 15.1. The highest BCUT2D eigenvalue weighted by molar-refractivity contribution is 6.02. The summed E-state index contributed by atoms with van der Waals surface area (Å²) in [4.78, 5) is 24.5. The molecule has 0 radical (unpaired) electrons. The minimum atomic E-state index is -0.823. The smallest absolute Gasteiger partial charge is 0.239 e. The number of fused-ring (bicyclic) bond motifs is 1. The summed E-state index contributed by atoms with van der Waals surface area (Å²) < 4.78 is 2.16. The molecule has 1 aliphatic heterocycles. The number of aromatic nitrogens is 2. The molecule has 0 saturated heterocycles. The molecule has 1 aromatic carbocycles. The molecule has 0 bridgehead atoms. The van der Waals surface area contributed by atoms with Gasteiger partial charge < -0.3 is 10.1 Å². The fraction of sp³-hybridized carbons (Fsp3) is 0.423. The van der Waals surface area contributed by atoms with Gasteiger partial charge in [-0.3, -0.25) is 9.69 Å². The standard InChI is InChI=1S/C26H31N5O/c1-25(2,3)18-10-8-17(9-11-18)22-23(32)30(5)24(27)29-26(22,4)19-12-13-21-28-14-20(16-6-7-16)31(21)15-19/h8-16,22H,6-7H2,1-5H3,(H2,27,29)/t22?,26-/m1/s1. The van der Waals surface area contributed by atoms with Gasteiger partial charge in [-0.1, -0.05) is 51.1 Å². The molecule has 32 heavy (non-hydrogen) atoms. The van der Waals surface area contributed by atoms with E-state index in [4.69, 9.17) is 10.7 Å². The highest BCUT2D eigenvalue weighted by atomic mass is 16.2. The summed E-state index contributed by atoms with van der Waals surface area (Å²) in [5, 5.41) is 0. The van der Waals surface area contributed by atoms with Crippen molar-refractivity contribution in [1.82, 2.24) is 14.3 Å². The summed E-state index contributed by atoms with van der Waals surface area (Å²) in [5.41, 5.74) is 10.7. The zero-order chi connectivity index (χ0) is 22.8. The number of pyridine rings is 1. The van der Waals surface area contributed by atoms with Crippen LogP contribution in [-0.4, -0.2) is 33.2 Å². The van der Waals surface area contributed by atoms with E-state index in [0.717, 1.165) is 16.8 Å². The van der Waals surface area contributed by atoms with Gasteiger partial charge in [0, 0.05) is 31.1 Å². The fourth-order valence-corrected chi connectivity index (χ4v) is 4.78. The Morgan fingerprint density at radius 2 is 1.78 bits per heavy atom. The molecule has 3 aromatic rings. The van der Waals surface area contributed by atoms with Crippen LogP contribution >= 0.6 is 0 Å². The summed E-state index contributed by atoms with van der Waals surface area (Å²) >= 11 is 0. The predicted molar refractivity (Wildman–Crippen MR) is 127 cm³/mol. The Morgan fingerprint density at radius 3 is 2.41 bits per heavy atom. The van der Waals surface area contributed by atoms with Gasteiger partial charge in [-0.25, -0.2) is 9.98 Å². The normalized spacial score (nSPS) is 24.2. The summed E-state index contributed by atoms with van der Waals surface area (Å²) in [7, 11) is 1.70. The molecule has 6 nitrogen and oxygen atoms in total. The Balaban J connectivity index is 1.66. The summed E-state index contributed by atoms with van der Waals surface area (Å²) in [6, 6.07) is 12.4. The van der Waals surface area contributed by atoms with E-state index < -0.39 is 11.5 Å². The van der Waals surface area contributed by atoms with E-state index in [0.29, 0.717) is 5.92 Å². The van der Waals surface area contributed by atoms with Crippen molar-refractivity contribution in [1.29, 1.82) is 0 Å². The van der Waals surface area contributed by atoms with Gasteiger partial charge in [-0.15, -0.1) is 0 Å². The number of nitrogens with two attached hydrogens (primary N) is 1. The first-order valence-corrected chi connectivity index (χ1v) is 11.3. The second-order valence-electron chi connectivity index (χ2n) is 10.4. The van der Waals surface area contributed by atoms with Crippen LogP contribution < -0.4 is 5.73 Å². The van der Waals surface area contributed by atoms with Crippen LogP contribution in [0.3, 0.4) is 0 Å². The van der Waals surface area contributed by atoms with Gasteiger partial charge >= 0.3 is 0 Å². The van der Waals surface area contributed by atoms with E-state index in [1.807, 2.05) is 25.3 Å². The van der Waals surface area contributed by atoms with Gasteiger partial charge in [0.25, 0.3) is 0 Å². The second-order valence-corrected chi connectivity index (χ2v) is 10.4. The Morgan fingerprint density at radius 1 is 1.09 bits per heavy atom. The second kappa shape index (κ2) is 6.92. The molecule has 2 N–H and O–H groups in total. The number of aliphatic imine (C=N–C) groups is 1. The number of benzene rings is 1. The molecule has 2 aromatic heterocycles. The van der Waals surface area contributed by atoms with Gasteiger partial charge in [-0.05, 0) is 47.9 Å². The quantitative estimate of drug-likeness (QED) is 0.675. The van der Waals surface area contributed by atoms with Crippen LogP contribution in [0.5, 0.6) is 0 Å². The number of hydrogen-bond donors (Lipinski definition) is 1. The van der Waals surface area contributed by atoms with Crippen LogP contribution in [0.2, 0.25) is 0 Å². The molecular weight excluding hydrogens is 398 g/mol. The van der Waals surface area contributed by atoms with Crippen molar-refractivity contribution in [3.63, 3.8) is 0 Å². The molecule has 1 fully saturated rings. The molecule has 1 aliphatic carbocycles. The third kappa shape index (κ3) is 3.20. The zero-order valence-corrected chi connectivity index (χ0v) is 19.5. The van der Waals surface area contributed by atoms with Crippen LogP contribution in [0.4, 0.5) is 0 Å². The van der Waals surface area contributed by atoms with Gasteiger partial charge in [-0.2, -0.15) is 0 Å². The van der Waals surface area contributed by atoms with Crippen molar-refractivity contribution in [2.45, 2.75) is 63.3 Å². The van der Waals surface area contributed by atoms with E-state index in [1.54, 1.807) is 7.05 Å². The van der Waals surface area contributed by atoms with E-state index in [-0.39, 0.29) is 17.3 Å². The SMILES string of the molecule is CN1C(=O)C(c2ccc(C(C)(C)C)cc2)[C@@](C)(c2ccc3ncc(C4CC4)n3c2)N=C1N. The van der Waals surface area contributed by atoms with Crippen molar-refractivity contribution >= 4 is 17.5 Å². The molecule has 2 atom stereocenters. The molecule has 2 aliphatic rings. The maximum absolute atomic E-state index is 13.6. The molecule has 5 rings (SSSR count). The first-order valence-electron chi connectivity index (χ1n) is 11.3. The number of likely N-dealkylation sites (N-methyl/N-ethyl adjacent to an activating group) is 1.